The molecule has 0 atom stereocenters. The molecule has 0 aliphatic carbocycles. The number of nitrogens with two attached hydrogens (primary N) is 1. The molecule has 3 N–H and O–H groups in total. The Hall–Kier alpha value is -3.48. The van der Waals surface area contributed by atoms with Gasteiger partial charge < -0.3 is 25.3 Å². The zero-order chi connectivity index (χ0) is 18.7. The number of rotatable bonds is 5. The van der Waals surface area contributed by atoms with E-state index in [4.69, 9.17) is 19.9 Å². The first-order chi connectivity index (χ1) is 12.5. The van der Waals surface area contributed by atoms with Crippen molar-refractivity contribution in [2.75, 3.05) is 26.1 Å². The van der Waals surface area contributed by atoms with Crippen molar-refractivity contribution in [1.29, 1.82) is 0 Å². The van der Waals surface area contributed by atoms with E-state index in [1.54, 1.807) is 43.5 Å². The molecule has 2 amide bonds. The molecule has 2 aromatic carbocycles. The molecule has 26 heavy (non-hydrogen) atoms. The highest BCUT2D eigenvalue weighted by molar-refractivity contribution is 6.08. The summed E-state index contributed by atoms with van der Waals surface area (Å²) in [6.07, 6.45) is 1.73. The molecule has 0 aromatic heterocycles. The van der Waals surface area contributed by atoms with Crippen molar-refractivity contribution >= 4 is 23.6 Å². The summed E-state index contributed by atoms with van der Waals surface area (Å²) in [5.41, 5.74) is 7.20. The van der Waals surface area contributed by atoms with Gasteiger partial charge in [-0.05, 0) is 30.3 Å². The minimum absolute atomic E-state index is 0.115. The minimum atomic E-state index is -0.559. The van der Waals surface area contributed by atoms with Gasteiger partial charge in [0.1, 0.15) is 12.4 Å². The number of anilines is 1. The summed E-state index contributed by atoms with van der Waals surface area (Å²) in [5, 5.41) is 2.74. The van der Waals surface area contributed by atoms with Crippen LogP contribution in [0.15, 0.2) is 42.0 Å². The molecule has 0 radical (unpaired) electrons. The van der Waals surface area contributed by atoms with Crippen LogP contribution in [0.3, 0.4) is 0 Å². The van der Waals surface area contributed by atoms with Crippen molar-refractivity contribution in [2.24, 2.45) is 5.73 Å². The number of hydrogen-bond donors (Lipinski definition) is 2. The third kappa shape index (κ3) is 3.46. The Bertz CT molecular complexity index is 905. The first-order valence-electron chi connectivity index (χ1n) is 7.82. The van der Waals surface area contributed by atoms with Gasteiger partial charge >= 0.3 is 0 Å². The molecule has 1 heterocycles. The van der Waals surface area contributed by atoms with Gasteiger partial charge in [-0.15, -0.1) is 0 Å². The maximum Gasteiger partial charge on any atom is 0.255 e. The van der Waals surface area contributed by atoms with Gasteiger partial charge in [0.15, 0.2) is 11.5 Å². The first kappa shape index (κ1) is 17.3. The number of ether oxygens (including phenoxy) is 3. The third-order valence-electron chi connectivity index (χ3n) is 3.93. The lowest BCUT2D eigenvalue weighted by Crippen LogP contribution is -2.21. The average Bonchev–Trinajstić information content (AvgIpc) is 2.66. The Morgan fingerprint density at radius 2 is 1.85 bits per heavy atom. The lowest BCUT2D eigenvalue weighted by molar-refractivity contribution is -0.113. The van der Waals surface area contributed by atoms with Gasteiger partial charge in [-0.2, -0.15) is 0 Å². The van der Waals surface area contributed by atoms with Crippen LogP contribution in [0.4, 0.5) is 5.69 Å². The zero-order valence-corrected chi connectivity index (χ0v) is 14.4. The highest BCUT2D eigenvalue weighted by Gasteiger charge is 2.20. The standard InChI is InChI=1S/C19H18N2O5/c1-24-16-8-12-6-13(10-26-15(12)9-17(16)25-2)19(23)21-14-5-3-4-11(7-14)18(20)22/h3-9H,10H2,1-2H3,(H2,20,22)(H,21,23). The van der Waals surface area contributed by atoms with E-state index in [1.807, 2.05) is 0 Å². The predicted octanol–water partition coefficient (Wildman–Crippen LogP) is 2.22. The van der Waals surface area contributed by atoms with Crippen molar-refractivity contribution in [3.05, 3.63) is 53.1 Å². The molecular formula is C19H18N2O5. The Labute approximate surface area is 150 Å². The molecule has 0 unspecified atom stereocenters. The molecule has 0 saturated heterocycles. The number of benzene rings is 2. The largest absolute Gasteiger partial charge is 0.493 e. The second kappa shape index (κ2) is 7.18. The number of primary amides is 1. The van der Waals surface area contributed by atoms with Gasteiger partial charge in [0.05, 0.1) is 19.8 Å². The smallest absolute Gasteiger partial charge is 0.255 e. The van der Waals surface area contributed by atoms with Crippen molar-refractivity contribution < 1.29 is 23.8 Å². The van der Waals surface area contributed by atoms with E-state index >= 15 is 0 Å². The molecule has 134 valence electrons. The van der Waals surface area contributed by atoms with E-state index < -0.39 is 5.91 Å². The average molecular weight is 354 g/mol. The van der Waals surface area contributed by atoms with Gasteiger partial charge in [0.2, 0.25) is 5.91 Å². The number of fused-ring (bicyclic) bond motifs is 1. The SMILES string of the molecule is COc1cc2c(cc1OC)OCC(C(=O)Nc1cccc(C(N)=O)c1)=C2. The molecular weight excluding hydrogens is 336 g/mol. The second-order valence-corrected chi connectivity index (χ2v) is 5.60. The maximum absolute atomic E-state index is 12.5. The van der Waals surface area contributed by atoms with Crippen LogP contribution < -0.4 is 25.3 Å². The molecule has 2 aromatic rings. The Morgan fingerprint density at radius 1 is 1.12 bits per heavy atom. The fraction of sp³-hybridized carbons (Fsp3) is 0.158. The number of amides is 2. The van der Waals surface area contributed by atoms with E-state index in [0.29, 0.717) is 39.6 Å². The lowest BCUT2D eigenvalue weighted by Gasteiger charge is -2.19. The van der Waals surface area contributed by atoms with Crippen molar-refractivity contribution in [1.82, 2.24) is 0 Å². The number of carbonyl (C=O) groups excluding carboxylic acids is 2. The fourth-order valence-electron chi connectivity index (χ4n) is 2.59. The topological polar surface area (TPSA) is 99.9 Å². The summed E-state index contributed by atoms with van der Waals surface area (Å²) in [6.45, 7) is 0.115. The van der Waals surface area contributed by atoms with Gasteiger partial charge in [-0.3, -0.25) is 9.59 Å². The molecule has 7 nitrogen and oxygen atoms in total. The highest BCUT2D eigenvalue weighted by atomic mass is 16.5. The van der Waals surface area contributed by atoms with Crippen molar-refractivity contribution in [3.63, 3.8) is 0 Å². The summed E-state index contributed by atoms with van der Waals surface area (Å²) in [5.74, 6) is 0.816. The van der Waals surface area contributed by atoms with E-state index in [9.17, 15) is 9.59 Å². The normalized spacial score (nSPS) is 12.3. The number of hydrogen-bond acceptors (Lipinski definition) is 5. The summed E-state index contributed by atoms with van der Waals surface area (Å²) in [6, 6.07) is 9.89. The van der Waals surface area contributed by atoms with E-state index in [0.717, 1.165) is 0 Å². The minimum Gasteiger partial charge on any atom is -0.493 e. The summed E-state index contributed by atoms with van der Waals surface area (Å²) in [4.78, 5) is 23.8. The molecule has 0 bridgehead atoms. The molecule has 1 aliphatic heterocycles. The summed E-state index contributed by atoms with van der Waals surface area (Å²) < 4.78 is 16.2. The van der Waals surface area contributed by atoms with E-state index in [1.165, 1.54) is 13.2 Å². The summed E-state index contributed by atoms with van der Waals surface area (Å²) in [7, 11) is 3.08. The Morgan fingerprint density at radius 3 is 2.54 bits per heavy atom. The van der Waals surface area contributed by atoms with Crippen LogP contribution in [0.1, 0.15) is 15.9 Å². The molecule has 0 saturated carbocycles. The Kier molecular flexibility index (Phi) is 4.79. The van der Waals surface area contributed by atoms with Crippen molar-refractivity contribution in [3.8, 4) is 17.2 Å². The highest BCUT2D eigenvalue weighted by Crippen LogP contribution is 2.37. The predicted molar refractivity (Wildman–Crippen MR) is 96.6 cm³/mol. The molecule has 0 fully saturated rings. The molecule has 1 aliphatic rings. The van der Waals surface area contributed by atoms with Crippen molar-refractivity contribution in [2.45, 2.75) is 0 Å². The van der Waals surface area contributed by atoms with E-state index in [-0.39, 0.29) is 12.5 Å². The summed E-state index contributed by atoms with van der Waals surface area (Å²) >= 11 is 0. The number of methoxy groups -OCH3 is 2. The number of nitrogens with one attached hydrogen (secondary N) is 1. The van der Waals surface area contributed by atoms with Crippen LogP contribution in [0, 0.1) is 0 Å². The van der Waals surface area contributed by atoms with Crippen LogP contribution in [-0.4, -0.2) is 32.6 Å². The fourth-order valence-corrected chi connectivity index (χ4v) is 2.59. The van der Waals surface area contributed by atoms with Crippen LogP contribution in [-0.2, 0) is 4.79 Å². The van der Waals surface area contributed by atoms with Gasteiger partial charge in [-0.25, -0.2) is 0 Å². The first-order valence-corrected chi connectivity index (χ1v) is 7.82. The van der Waals surface area contributed by atoms with Crippen LogP contribution in [0.5, 0.6) is 17.2 Å². The maximum atomic E-state index is 12.5. The Balaban J connectivity index is 1.84. The van der Waals surface area contributed by atoms with Crippen LogP contribution >= 0.6 is 0 Å². The quantitative estimate of drug-likeness (QED) is 0.857. The van der Waals surface area contributed by atoms with Gasteiger partial charge in [-0.1, -0.05) is 6.07 Å². The third-order valence-corrected chi connectivity index (χ3v) is 3.93. The zero-order valence-electron chi connectivity index (χ0n) is 14.4. The monoisotopic (exact) mass is 354 g/mol. The van der Waals surface area contributed by atoms with E-state index in [2.05, 4.69) is 5.32 Å². The molecule has 7 heteroatoms. The lowest BCUT2D eigenvalue weighted by atomic mass is 10.1. The molecule has 0 spiro atoms. The number of carbonyl (C=O) groups is 2. The van der Waals surface area contributed by atoms with Gasteiger partial charge in [0, 0.05) is 22.9 Å². The second-order valence-electron chi connectivity index (χ2n) is 5.60. The molecule has 3 rings (SSSR count). The van der Waals surface area contributed by atoms with Crippen LogP contribution in [0.2, 0.25) is 0 Å². The van der Waals surface area contributed by atoms with Gasteiger partial charge in [0.25, 0.3) is 5.91 Å². The van der Waals surface area contributed by atoms with Crippen LogP contribution in [0.25, 0.3) is 6.08 Å².